The second kappa shape index (κ2) is 11.1. The number of aldehydes is 1. The highest BCUT2D eigenvalue weighted by molar-refractivity contribution is 5.77. The Morgan fingerprint density at radius 1 is 1.12 bits per heavy atom. The first-order valence-electron chi connectivity index (χ1n) is 9.91. The van der Waals surface area contributed by atoms with Gasteiger partial charge in [0, 0.05) is 31.6 Å². The van der Waals surface area contributed by atoms with E-state index in [1.165, 1.54) is 12.8 Å². The second-order valence-electron chi connectivity index (χ2n) is 7.12. The smallest absolute Gasteiger partial charge is 0.238 e. The first-order chi connectivity index (χ1) is 12.6. The minimum Gasteiger partial charge on any atom is -0.393 e. The number of rotatable bonds is 12. The van der Waals surface area contributed by atoms with Gasteiger partial charge in [0.05, 0.1) is 6.10 Å². The minimum atomic E-state index is -0.218. The van der Waals surface area contributed by atoms with Crippen molar-refractivity contribution in [1.29, 1.82) is 0 Å². The second-order valence-corrected chi connectivity index (χ2v) is 7.12. The molecule has 0 aromatic heterocycles. The molecule has 1 atom stereocenters. The Balaban J connectivity index is 1.73. The van der Waals surface area contributed by atoms with Gasteiger partial charge < -0.3 is 5.11 Å². The minimum absolute atomic E-state index is 0.179. The first kappa shape index (κ1) is 20.6. The zero-order valence-corrected chi connectivity index (χ0v) is 15.9. The number of aliphatic hydroxyl groups is 1. The number of hydrazine groups is 1. The van der Waals surface area contributed by atoms with E-state index in [0.717, 1.165) is 57.0 Å². The Kier molecular flexibility index (Phi) is 8.78. The van der Waals surface area contributed by atoms with Crippen molar-refractivity contribution >= 4 is 12.2 Å². The van der Waals surface area contributed by atoms with Gasteiger partial charge in [-0.2, -0.15) is 0 Å². The van der Waals surface area contributed by atoms with E-state index in [4.69, 9.17) is 0 Å². The summed E-state index contributed by atoms with van der Waals surface area (Å²) in [5.74, 6) is 0.179. The van der Waals surface area contributed by atoms with Gasteiger partial charge in [-0.3, -0.25) is 14.6 Å². The molecule has 2 rings (SSSR count). The molecular formula is C21H32N2O3. The fourth-order valence-electron chi connectivity index (χ4n) is 3.41. The predicted molar refractivity (Wildman–Crippen MR) is 103 cm³/mol. The van der Waals surface area contributed by atoms with Gasteiger partial charge in [-0.05, 0) is 31.2 Å². The number of amides is 1. The van der Waals surface area contributed by atoms with E-state index >= 15 is 0 Å². The summed E-state index contributed by atoms with van der Waals surface area (Å²) in [5.41, 5.74) is 1.80. The lowest BCUT2D eigenvalue weighted by atomic mass is 10.1. The molecule has 0 unspecified atom stereocenters. The SMILES string of the molecule is CCCCC[C@@H](O)CCCN1CCC(=O)N1CCc1ccc(C=O)cc1. The summed E-state index contributed by atoms with van der Waals surface area (Å²) in [6, 6.07) is 7.51. The van der Waals surface area contributed by atoms with Crippen molar-refractivity contribution in [3.05, 3.63) is 35.4 Å². The Hall–Kier alpha value is -1.72. The highest BCUT2D eigenvalue weighted by Gasteiger charge is 2.28. The number of hydrogen-bond acceptors (Lipinski definition) is 4. The van der Waals surface area contributed by atoms with Crippen LogP contribution in [0.3, 0.4) is 0 Å². The van der Waals surface area contributed by atoms with Crippen LogP contribution < -0.4 is 0 Å². The van der Waals surface area contributed by atoms with Crippen LogP contribution >= 0.6 is 0 Å². The third-order valence-corrected chi connectivity index (χ3v) is 5.04. The molecule has 5 nitrogen and oxygen atoms in total. The maximum absolute atomic E-state index is 12.2. The monoisotopic (exact) mass is 360 g/mol. The fourth-order valence-corrected chi connectivity index (χ4v) is 3.41. The molecule has 1 saturated heterocycles. The largest absolute Gasteiger partial charge is 0.393 e. The van der Waals surface area contributed by atoms with E-state index in [1.54, 1.807) is 0 Å². The summed E-state index contributed by atoms with van der Waals surface area (Å²) in [7, 11) is 0. The summed E-state index contributed by atoms with van der Waals surface area (Å²) in [5, 5.41) is 14.0. The molecule has 144 valence electrons. The number of unbranched alkanes of at least 4 members (excludes halogenated alkanes) is 2. The van der Waals surface area contributed by atoms with Crippen LogP contribution in [0.15, 0.2) is 24.3 Å². The molecule has 1 fully saturated rings. The number of nitrogens with zero attached hydrogens (tertiary/aromatic N) is 2. The van der Waals surface area contributed by atoms with E-state index in [0.29, 0.717) is 18.5 Å². The summed E-state index contributed by atoms with van der Waals surface area (Å²) >= 11 is 0. The summed E-state index contributed by atoms with van der Waals surface area (Å²) in [6.07, 6.45) is 8.01. The van der Waals surface area contributed by atoms with Crippen LogP contribution in [0.2, 0.25) is 0 Å². The standard InChI is InChI=1S/C21H32N2O3/c1-2-3-4-6-20(25)7-5-14-22-15-13-21(26)23(22)16-12-18-8-10-19(17-24)11-9-18/h8-11,17,20,25H,2-7,12-16H2,1H3/t20-/m1/s1. The average Bonchev–Trinajstić information content (AvgIpc) is 3.00. The highest BCUT2D eigenvalue weighted by atomic mass is 16.3. The molecule has 1 aromatic carbocycles. The van der Waals surface area contributed by atoms with E-state index < -0.39 is 0 Å². The quantitative estimate of drug-likeness (QED) is 0.459. The number of benzene rings is 1. The Labute approximate surface area is 157 Å². The molecule has 0 spiro atoms. The van der Waals surface area contributed by atoms with Gasteiger partial charge in [-0.1, -0.05) is 50.5 Å². The number of carbonyl (C=O) groups is 2. The van der Waals surface area contributed by atoms with Crippen molar-refractivity contribution in [3.8, 4) is 0 Å². The molecule has 0 radical (unpaired) electrons. The molecule has 1 amide bonds. The Bertz CT molecular complexity index is 559. The summed E-state index contributed by atoms with van der Waals surface area (Å²) in [6.45, 7) is 4.43. The zero-order chi connectivity index (χ0) is 18.8. The van der Waals surface area contributed by atoms with E-state index in [9.17, 15) is 14.7 Å². The van der Waals surface area contributed by atoms with Gasteiger partial charge >= 0.3 is 0 Å². The molecule has 1 aromatic rings. The average molecular weight is 360 g/mol. The number of aliphatic hydroxyl groups excluding tert-OH is 1. The molecule has 26 heavy (non-hydrogen) atoms. The maximum Gasteiger partial charge on any atom is 0.238 e. The van der Waals surface area contributed by atoms with Crippen LogP contribution in [0.1, 0.15) is 67.8 Å². The molecular weight excluding hydrogens is 328 g/mol. The molecule has 1 aliphatic heterocycles. The van der Waals surface area contributed by atoms with Crippen LogP contribution in [-0.4, -0.2) is 53.1 Å². The zero-order valence-electron chi connectivity index (χ0n) is 15.9. The summed E-state index contributed by atoms with van der Waals surface area (Å²) in [4.78, 5) is 22.9. The molecule has 0 aliphatic carbocycles. The third kappa shape index (κ3) is 6.54. The van der Waals surface area contributed by atoms with Crippen molar-refractivity contribution in [2.75, 3.05) is 19.6 Å². The number of hydrogen-bond donors (Lipinski definition) is 1. The molecule has 5 heteroatoms. The van der Waals surface area contributed by atoms with Crippen LogP contribution in [-0.2, 0) is 11.2 Å². The topological polar surface area (TPSA) is 60.9 Å². The predicted octanol–water partition coefficient (Wildman–Crippen LogP) is 3.21. The lowest BCUT2D eigenvalue weighted by Gasteiger charge is -2.28. The maximum atomic E-state index is 12.2. The highest BCUT2D eigenvalue weighted by Crippen LogP contribution is 2.16. The molecule has 1 heterocycles. The first-order valence-corrected chi connectivity index (χ1v) is 9.91. The van der Waals surface area contributed by atoms with Gasteiger partial charge in [-0.25, -0.2) is 5.01 Å². The van der Waals surface area contributed by atoms with Crippen molar-refractivity contribution in [1.82, 2.24) is 10.0 Å². The van der Waals surface area contributed by atoms with Gasteiger partial charge in [-0.15, -0.1) is 0 Å². The van der Waals surface area contributed by atoms with E-state index in [2.05, 4.69) is 11.9 Å². The van der Waals surface area contributed by atoms with Crippen LogP contribution in [0, 0.1) is 0 Å². The molecule has 0 saturated carbocycles. The Morgan fingerprint density at radius 3 is 2.54 bits per heavy atom. The number of carbonyl (C=O) groups excluding carboxylic acids is 2. The van der Waals surface area contributed by atoms with Crippen molar-refractivity contribution in [3.63, 3.8) is 0 Å². The van der Waals surface area contributed by atoms with Crippen molar-refractivity contribution in [2.45, 2.75) is 64.4 Å². The van der Waals surface area contributed by atoms with Gasteiger partial charge in [0.2, 0.25) is 5.91 Å². The summed E-state index contributed by atoms with van der Waals surface area (Å²) < 4.78 is 0. The Morgan fingerprint density at radius 2 is 1.85 bits per heavy atom. The molecule has 0 bridgehead atoms. The van der Waals surface area contributed by atoms with Gasteiger partial charge in [0.25, 0.3) is 0 Å². The van der Waals surface area contributed by atoms with Gasteiger partial charge in [0.1, 0.15) is 6.29 Å². The lowest BCUT2D eigenvalue weighted by Crippen LogP contribution is -2.41. The van der Waals surface area contributed by atoms with Crippen molar-refractivity contribution < 1.29 is 14.7 Å². The van der Waals surface area contributed by atoms with E-state index in [-0.39, 0.29) is 12.0 Å². The van der Waals surface area contributed by atoms with E-state index in [1.807, 2.05) is 29.3 Å². The van der Waals surface area contributed by atoms with Crippen LogP contribution in [0.5, 0.6) is 0 Å². The van der Waals surface area contributed by atoms with Gasteiger partial charge in [0.15, 0.2) is 0 Å². The molecule has 1 aliphatic rings. The molecule has 1 N–H and O–H groups in total. The van der Waals surface area contributed by atoms with Crippen molar-refractivity contribution in [2.24, 2.45) is 0 Å². The third-order valence-electron chi connectivity index (χ3n) is 5.04. The lowest BCUT2D eigenvalue weighted by molar-refractivity contribution is -0.138. The van der Waals surface area contributed by atoms with Crippen LogP contribution in [0.4, 0.5) is 0 Å². The van der Waals surface area contributed by atoms with Crippen LogP contribution in [0.25, 0.3) is 0 Å². The fraction of sp³-hybridized carbons (Fsp3) is 0.619. The normalized spacial score (nSPS) is 16.2.